The lowest BCUT2D eigenvalue weighted by atomic mass is 10.1. The van der Waals surface area contributed by atoms with Crippen molar-refractivity contribution in [2.75, 3.05) is 43.1 Å². The highest BCUT2D eigenvalue weighted by atomic mass is 79.9. The zero-order valence-electron chi connectivity index (χ0n) is 15.5. The second-order valence-electron chi connectivity index (χ2n) is 6.25. The van der Waals surface area contributed by atoms with E-state index >= 15 is 0 Å². The smallest absolute Gasteiger partial charge is 0.270 e. The van der Waals surface area contributed by atoms with Crippen LogP contribution in [0.25, 0.3) is 0 Å². The van der Waals surface area contributed by atoms with Crippen LogP contribution < -0.4 is 15.6 Å². The van der Waals surface area contributed by atoms with Gasteiger partial charge in [0.15, 0.2) is 0 Å². The van der Waals surface area contributed by atoms with Crippen LogP contribution in [0.15, 0.2) is 52.0 Å². The van der Waals surface area contributed by atoms with Crippen LogP contribution in [0.4, 0.5) is 17.1 Å². The van der Waals surface area contributed by atoms with Gasteiger partial charge in [0.1, 0.15) is 0 Å². The van der Waals surface area contributed by atoms with Gasteiger partial charge in [-0.2, -0.15) is 5.10 Å². The van der Waals surface area contributed by atoms with Gasteiger partial charge in [0.2, 0.25) is 0 Å². The highest BCUT2D eigenvalue weighted by Gasteiger charge is 2.17. The maximum atomic E-state index is 12.0. The van der Waals surface area contributed by atoms with E-state index in [1.54, 1.807) is 6.07 Å². The summed E-state index contributed by atoms with van der Waals surface area (Å²) in [6.07, 6.45) is 1.43. The molecule has 0 bridgehead atoms. The molecule has 2 aromatic carbocycles. The molecule has 1 fully saturated rings. The molecule has 2 N–H and O–H groups in total. The Bertz CT molecular complexity index is 898. The van der Waals surface area contributed by atoms with E-state index in [1.807, 2.05) is 24.3 Å². The predicted octanol–water partition coefficient (Wildman–Crippen LogP) is 2.76. The van der Waals surface area contributed by atoms with Gasteiger partial charge in [0.25, 0.3) is 11.6 Å². The number of nitrogens with one attached hydrogen (secondary N) is 2. The number of benzene rings is 2. The Hall–Kier alpha value is -2.98. The van der Waals surface area contributed by atoms with Crippen LogP contribution >= 0.6 is 15.9 Å². The number of anilines is 2. The number of hydrogen-bond acceptors (Lipinski definition) is 7. The third-order valence-corrected chi connectivity index (χ3v) is 4.79. The third kappa shape index (κ3) is 6.00. The number of ether oxygens (including phenoxy) is 1. The Morgan fingerprint density at radius 3 is 2.66 bits per heavy atom. The minimum Gasteiger partial charge on any atom is -0.378 e. The Kier molecular flexibility index (Phi) is 7.14. The zero-order valence-corrected chi connectivity index (χ0v) is 17.1. The molecule has 9 nitrogen and oxygen atoms in total. The average Bonchev–Trinajstić information content (AvgIpc) is 2.74. The van der Waals surface area contributed by atoms with Gasteiger partial charge >= 0.3 is 0 Å². The summed E-state index contributed by atoms with van der Waals surface area (Å²) in [7, 11) is 0. The number of carbonyl (C=O) groups is 1. The molecule has 1 heterocycles. The predicted molar refractivity (Wildman–Crippen MR) is 114 cm³/mol. The number of nitro groups is 1. The lowest BCUT2D eigenvalue weighted by Gasteiger charge is -2.29. The van der Waals surface area contributed by atoms with Crippen LogP contribution in [0.2, 0.25) is 0 Å². The zero-order chi connectivity index (χ0) is 20.6. The molecule has 1 aliphatic rings. The van der Waals surface area contributed by atoms with Crippen molar-refractivity contribution < 1.29 is 14.5 Å². The number of hydrazone groups is 1. The molecule has 0 radical (unpaired) electrons. The lowest BCUT2D eigenvalue weighted by molar-refractivity contribution is -0.384. The maximum Gasteiger partial charge on any atom is 0.270 e. The SMILES string of the molecule is O=C(CNc1ccc(Br)cc1)N/N=C\c1cc([N+](=O)[O-])ccc1N1CCOCC1. The monoisotopic (exact) mass is 461 g/mol. The lowest BCUT2D eigenvalue weighted by Crippen LogP contribution is -2.36. The molecule has 0 aromatic heterocycles. The van der Waals surface area contributed by atoms with Gasteiger partial charge < -0.3 is 15.0 Å². The van der Waals surface area contributed by atoms with E-state index in [0.29, 0.717) is 31.9 Å². The highest BCUT2D eigenvalue weighted by molar-refractivity contribution is 9.10. The molecule has 3 rings (SSSR count). The quantitative estimate of drug-likeness (QED) is 0.372. The molecule has 10 heteroatoms. The minimum absolute atomic E-state index is 0.0355. The van der Waals surface area contributed by atoms with Crippen LogP contribution in [0.1, 0.15) is 5.56 Å². The number of carbonyl (C=O) groups excluding carboxylic acids is 1. The number of amides is 1. The van der Waals surface area contributed by atoms with Gasteiger partial charge in [-0.1, -0.05) is 15.9 Å². The number of halogens is 1. The van der Waals surface area contributed by atoms with Crippen molar-refractivity contribution in [3.05, 3.63) is 62.6 Å². The number of morpholine rings is 1. The van der Waals surface area contributed by atoms with E-state index in [0.717, 1.165) is 15.8 Å². The van der Waals surface area contributed by atoms with Crippen molar-refractivity contribution in [1.29, 1.82) is 0 Å². The number of non-ortho nitro benzene ring substituents is 1. The van der Waals surface area contributed by atoms with Crippen molar-refractivity contribution >= 4 is 45.1 Å². The van der Waals surface area contributed by atoms with Crippen molar-refractivity contribution in [1.82, 2.24) is 5.43 Å². The first-order chi connectivity index (χ1) is 14.0. The summed E-state index contributed by atoms with van der Waals surface area (Å²) < 4.78 is 6.30. The molecule has 152 valence electrons. The summed E-state index contributed by atoms with van der Waals surface area (Å²) in [6.45, 7) is 2.59. The fourth-order valence-electron chi connectivity index (χ4n) is 2.81. The summed E-state index contributed by atoms with van der Waals surface area (Å²) in [4.78, 5) is 24.7. The van der Waals surface area contributed by atoms with E-state index < -0.39 is 4.92 Å². The van der Waals surface area contributed by atoms with E-state index in [2.05, 4.69) is 36.7 Å². The highest BCUT2D eigenvalue weighted by Crippen LogP contribution is 2.25. The molecule has 0 spiro atoms. The van der Waals surface area contributed by atoms with Crippen LogP contribution in [-0.2, 0) is 9.53 Å². The van der Waals surface area contributed by atoms with E-state index in [-0.39, 0.29) is 18.1 Å². The second kappa shape index (κ2) is 9.99. The van der Waals surface area contributed by atoms with Crippen molar-refractivity contribution in [2.45, 2.75) is 0 Å². The summed E-state index contributed by atoms with van der Waals surface area (Å²) in [5.74, 6) is -0.331. The van der Waals surface area contributed by atoms with E-state index in [1.165, 1.54) is 18.3 Å². The van der Waals surface area contributed by atoms with Gasteiger partial charge in [-0.25, -0.2) is 5.43 Å². The third-order valence-electron chi connectivity index (χ3n) is 4.26. The standard InChI is InChI=1S/C19H20BrN5O4/c20-15-1-3-16(4-2-15)21-13-19(26)23-22-12-14-11-17(25(27)28)5-6-18(14)24-7-9-29-10-8-24/h1-6,11-12,21H,7-10,13H2,(H,23,26)/b22-12-. The molecule has 2 aromatic rings. The number of rotatable bonds is 7. The van der Waals surface area contributed by atoms with Gasteiger partial charge in [-0.05, 0) is 30.3 Å². The van der Waals surface area contributed by atoms with Crippen LogP contribution in [0, 0.1) is 10.1 Å². The Morgan fingerprint density at radius 1 is 1.24 bits per heavy atom. The summed E-state index contributed by atoms with van der Waals surface area (Å²) in [5.41, 5.74) is 4.58. The van der Waals surface area contributed by atoms with Crippen molar-refractivity contribution in [2.24, 2.45) is 5.10 Å². The molecular formula is C19H20BrN5O4. The Labute approximate surface area is 176 Å². The van der Waals surface area contributed by atoms with E-state index in [4.69, 9.17) is 4.74 Å². The van der Waals surface area contributed by atoms with Gasteiger partial charge in [-0.3, -0.25) is 14.9 Å². The first kappa shape index (κ1) is 20.7. The molecule has 0 aliphatic carbocycles. The minimum atomic E-state index is -0.457. The van der Waals surface area contributed by atoms with Crippen LogP contribution in [0.5, 0.6) is 0 Å². The normalized spacial score (nSPS) is 14.0. The Balaban J connectivity index is 1.64. The van der Waals surface area contributed by atoms with Crippen molar-refractivity contribution in [3.8, 4) is 0 Å². The van der Waals surface area contributed by atoms with Gasteiger partial charge in [0.05, 0.1) is 30.9 Å². The maximum absolute atomic E-state index is 12.0. The molecule has 1 saturated heterocycles. The largest absolute Gasteiger partial charge is 0.378 e. The molecule has 0 saturated carbocycles. The molecule has 0 unspecified atom stereocenters. The Morgan fingerprint density at radius 2 is 1.97 bits per heavy atom. The van der Waals surface area contributed by atoms with Crippen molar-refractivity contribution in [3.63, 3.8) is 0 Å². The van der Waals surface area contributed by atoms with E-state index in [9.17, 15) is 14.9 Å². The molecule has 1 aliphatic heterocycles. The molecule has 29 heavy (non-hydrogen) atoms. The summed E-state index contributed by atoms with van der Waals surface area (Å²) in [5, 5.41) is 18.1. The topological polar surface area (TPSA) is 109 Å². The number of nitrogens with zero attached hydrogens (tertiary/aromatic N) is 3. The number of hydrogen-bond donors (Lipinski definition) is 2. The second-order valence-corrected chi connectivity index (χ2v) is 7.17. The summed E-state index contributed by atoms with van der Waals surface area (Å²) in [6, 6.07) is 12.0. The van der Waals surface area contributed by atoms with Gasteiger partial charge in [-0.15, -0.1) is 0 Å². The first-order valence-electron chi connectivity index (χ1n) is 8.95. The number of nitro benzene ring substituents is 1. The summed E-state index contributed by atoms with van der Waals surface area (Å²) >= 11 is 3.35. The molecule has 0 atom stereocenters. The average molecular weight is 462 g/mol. The fourth-order valence-corrected chi connectivity index (χ4v) is 3.08. The van der Waals surface area contributed by atoms with Crippen LogP contribution in [0.3, 0.4) is 0 Å². The van der Waals surface area contributed by atoms with Crippen LogP contribution in [-0.4, -0.2) is 49.9 Å². The molecule has 1 amide bonds. The fraction of sp³-hybridized carbons (Fsp3) is 0.263. The molecular weight excluding hydrogens is 442 g/mol. The van der Waals surface area contributed by atoms with Gasteiger partial charge in [0, 0.05) is 46.6 Å². The first-order valence-corrected chi connectivity index (χ1v) is 9.75.